The van der Waals surface area contributed by atoms with Gasteiger partial charge in [0.05, 0.1) is 6.04 Å². The molecule has 1 heterocycles. The van der Waals surface area contributed by atoms with Crippen molar-refractivity contribution in [2.75, 3.05) is 6.54 Å². The van der Waals surface area contributed by atoms with E-state index in [9.17, 15) is 0 Å². The van der Waals surface area contributed by atoms with E-state index in [1.165, 1.54) is 6.33 Å². The quantitative estimate of drug-likeness (QED) is 0.857. The SMILES string of the molecule is CCNC(Cc1ccccc1Cl)c1ncn[nH]1. The van der Waals surface area contributed by atoms with Gasteiger partial charge in [-0.2, -0.15) is 5.10 Å². The Morgan fingerprint density at radius 3 is 2.88 bits per heavy atom. The van der Waals surface area contributed by atoms with Gasteiger partial charge in [0, 0.05) is 5.02 Å². The molecular weight excluding hydrogens is 236 g/mol. The topological polar surface area (TPSA) is 53.6 Å². The van der Waals surface area contributed by atoms with Gasteiger partial charge >= 0.3 is 0 Å². The third-order valence-electron chi connectivity index (χ3n) is 2.60. The predicted molar refractivity (Wildman–Crippen MR) is 68.0 cm³/mol. The first-order valence-corrected chi connectivity index (χ1v) is 6.01. The number of halogens is 1. The third kappa shape index (κ3) is 3.05. The Hall–Kier alpha value is -1.39. The Kier molecular flexibility index (Phi) is 4.12. The number of benzene rings is 1. The molecule has 0 saturated carbocycles. The Bertz CT molecular complexity index is 455. The number of rotatable bonds is 5. The second-order valence-electron chi connectivity index (χ2n) is 3.78. The highest BCUT2D eigenvalue weighted by molar-refractivity contribution is 6.31. The van der Waals surface area contributed by atoms with E-state index in [1.807, 2.05) is 24.3 Å². The van der Waals surface area contributed by atoms with Crippen molar-refractivity contribution in [3.8, 4) is 0 Å². The molecule has 1 atom stereocenters. The maximum Gasteiger partial charge on any atom is 0.141 e. The summed E-state index contributed by atoms with van der Waals surface area (Å²) in [6, 6.07) is 7.97. The van der Waals surface area contributed by atoms with Crippen LogP contribution >= 0.6 is 11.6 Å². The fraction of sp³-hybridized carbons (Fsp3) is 0.333. The summed E-state index contributed by atoms with van der Waals surface area (Å²) in [6.07, 6.45) is 2.31. The molecule has 0 aliphatic heterocycles. The zero-order valence-electron chi connectivity index (χ0n) is 9.65. The summed E-state index contributed by atoms with van der Waals surface area (Å²) in [5.74, 6) is 0.840. The molecular formula is C12H15ClN4. The number of aromatic nitrogens is 3. The first-order chi connectivity index (χ1) is 8.31. The van der Waals surface area contributed by atoms with Crippen LogP contribution in [0, 0.1) is 0 Å². The molecule has 0 radical (unpaired) electrons. The molecule has 0 fully saturated rings. The van der Waals surface area contributed by atoms with Gasteiger partial charge in [0.25, 0.3) is 0 Å². The molecule has 0 amide bonds. The molecule has 90 valence electrons. The smallest absolute Gasteiger partial charge is 0.141 e. The van der Waals surface area contributed by atoms with Crippen molar-refractivity contribution in [1.29, 1.82) is 0 Å². The van der Waals surface area contributed by atoms with Crippen LogP contribution in [0.5, 0.6) is 0 Å². The molecule has 0 saturated heterocycles. The number of nitrogens with zero attached hydrogens (tertiary/aromatic N) is 2. The van der Waals surface area contributed by atoms with E-state index in [0.29, 0.717) is 0 Å². The van der Waals surface area contributed by atoms with Crippen LogP contribution in [0.2, 0.25) is 5.02 Å². The Balaban J connectivity index is 2.16. The second kappa shape index (κ2) is 5.80. The van der Waals surface area contributed by atoms with Crippen LogP contribution in [0.3, 0.4) is 0 Å². The fourth-order valence-corrected chi connectivity index (χ4v) is 1.99. The molecule has 4 nitrogen and oxygen atoms in total. The van der Waals surface area contributed by atoms with E-state index in [0.717, 1.165) is 29.4 Å². The minimum Gasteiger partial charge on any atom is -0.307 e. The molecule has 2 aromatic rings. The van der Waals surface area contributed by atoms with Gasteiger partial charge < -0.3 is 5.32 Å². The molecule has 1 aromatic heterocycles. The summed E-state index contributed by atoms with van der Waals surface area (Å²) in [7, 11) is 0. The Morgan fingerprint density at radius 2 is 2.24 bits per heavy atom. The van der Waals surface area contributed by atoms with Crippen molar-refractivity contribution in [1.82, 2.24) is 20.5 Å². The van der Waals surface area contributed by atoms with Crippen molar-refractivity contribution < 1.29 is 0 Å². The monoisotopic (exact) mass is 250 g/mol. The van der Waals surface area contributed by atoms with Crippen LogP contribution in [0.15, 0.2) is 30.6 Å². The summed E-state index contributed by atoms with van der Waals surface area (Å²) < 4.78 is 0. The number of hydrogen-bond acceptors (Lipinski definition) is 3. The molecule has 0 aliphatic rings. The van der Waals surface area contributed by atoms with E-state index < -0.39 is 0 Å². The van der Waals surface area contributed by atoms with Crippen LogP contribution in [0.4, 0.5) is 0 Å². The second-order valence-corrected chi connectivity index (χ2v) is 4.18. The summed E-state index contributed by atoms with van der Waals surface area (Å²) in [5, 5.41) is 10.9. The molecule has 17 heavy (non-hydrogen) atoms. The summed E-state index contributed by atoms with van der Waals surface area (Å²) in [6.45, 7) is 2.94. The normalized spacial score (nSPS) is 12.6. The average Bonchev–Trinajstić information content (AvgIpc) is 2.85. The maximum atomic E-state index is 6.16. The van der Waals surface area contributed by atoms with Crippen molar-refractivity contribution in [2.45, 2.75) is 19.4 Å². The highest BCUT2D eigenvalue weighted by Gasteiger charge is 2.15. The molecule has 0 aliphatic carbocycles. The first kappa shape index (κ1) is 12.1. The van der Waals surface area contributed by atoms with E-state index in [1.54, 1.807) is 0 Å². The van der Waals surface area contributed by atoms with Gasteiger partial charge in [0.1, 0.15) is 12.2 Å². The zero-order chi connectivity index (χ0) is 12.1. The highest BCUT2D eigenvalue weighted by atomic mass is 35.5. The molecule has 0 bridgehead atoms. The highest BCUT2D eigenvalue weighted by Crippen LogP contribution is 2.21. The van der Waals surface area contributed by atoms with Crippen LogP contribution in [-0.2, 0) is 6.42 Å². The van der Waals surface area contributed by atoms with E-state index in [4.69, 9.17) is 11.6 Å². The van der Waals surface area contributed by atoms with Gasteiger partial charge in [-0.3, -0.25) is 5.10 Å². The van der Waals surface area contributed by atoms with Gasteiger partial charge in [0.15, 0.2) is 0 Å². The van der Waals surface area contributed by atoms with Crippen LogP contribution in [0.1, 0.15) is 24.4 Å². The molecule has 1 aromatic carbocycles. The van der Waals surface area contributed by atoms with Gasteiger partial charge in [-0.15, -0.1) is 0 Å². The summed E-state index contributed by atoms with van der Waals surface area (Å²) in [4.78, 5) is 4.19. The molecule has 2 N–H and O–H groups in total. The van der Waals surface area contributed by atoms with Crippen molar-refractivity contribution in [2.24, 2.45) is 0 Å². The van der Waals surface area contributed by atoms with Gasteiger partial charge in [-0.25, -0.2) is 4.98 Å². The lowest BCUT2D eigenvalue weighted by atomic mass is 10.1. The fourth-order valence-electron chi connectivity index (χ4n) is 1.78. The van der Waals surface area contributed by atoms with E-state index >= 15 is 0 Å². The molecule has 0 spiro atoms. The minimum absolute atomic E-state index is 0.113. The lowest BCUT2D eigenvalue weighted by Gasteiger charge is -2.15. The zero-order valence-corrected chi connectivity index (χ0v) is 10.4. The maximum absolute atomic E-state index is 6.16. The number of hydrogen-bond donors (Lipinski definition) is 2. The van der Waals surface area contributed by atoms with Crippen LogP contribution in [0.25, 0.3) is 0 Å². The average molecular weight is 251 g/mol. The van der Waals surface area contributed by atoms with E-state index in [-0.39, 0.29) is 6.04 Å². The van der Waals surface area contributed by atoms with Crippen LogP contribution in [-0.4, -0.2) is 21.7 Å². The largest absolute Gasteiger partial charge is 0.307 e. The third-order valence-corrected chi connectivity index (χ3v) is 2.96. The molecule has 2 rings (SSSR count). The van der Waals surface area contributed by atoms with Gasteiger partial charge in [-0.05, 0) is 24.6 Å². The Labute approximate surface area is 105 Å². The van der Waals surface area contributed by atoms with Crippen molar-refractivity contribution in [3.05, 3.63) is 47.0 Å². The van der Waals surface area contributed by atoms with Crippen LogP contribution < -0.4 is 5.32 Å². The van der Waals surface area contributed by atoms with Crippen molar-refractivity contribution >= 4 is 11.6 Å². The molecule has 1 unspecified atom stereocenters. The number of likely N-dealkylation sites (N-methyl/N-ethyl adjacent to an activating group) is 1. The number of nitrogens with one attached hydrogen (secondary N) is 2. The number of H-pyrrole nitrogens is 1. The number of aromatic amines is 1. The first-order valence-electron chi connectivity index (χ1n) is 5.63. The van der Waals surface area contributed by atoms with Gasteiger partial charge in [0.2, 0.25) is 0 Å². The predicted octanol–water partition coefficient (Wildman–Crippen LogP) is 2.35. The van der Waals surface area contributed by atoms with Gasteiger partial charge in [-0.1, -0.05) is 36.7 Å². The summed E-state index contributed by atoms with van der Waals surface area (Å²) >= 11 is 6.16. The lowest BCUT2D eigenvalue weighted by Crippen LogP contribution is -2.24. The Morgan fingerprint density at radius 1 is 1.41 bits per heavy atom. The standard InChI is InChI=1S/C12H15ClN4/c1-2-14-11(12-15-8-16-17-12)7-9-5-3-4-6-10(9)13/h3-6,8,11,14H,2,7H2,1H3,(H,15,16,17). The molecule has 5 heteroatoms. The van der Waals surface area contributed by atoms with E-state index in [2.05, 4.69) is 27.4 Å². The minimum atomic E-state index is 0.113. The summed E-state index contributed by atoms with van der Waals surface area (Å²) in [5.41, 5.74) is 1.11. The lowest BCUT2D eigenvalue weighted by molar-refractivity contribution is 0.523. The van der Waals surface area contributed by atoms with Crippen molar-refractivity contribution in [3.63, 3.8) is 0 Å².